The van der Waals surface area contributed by atoms with Crippen molar-refractivity contribution in [2.24, 2.45) is 5.92 Å². The molecule has 1 saturated heterocycles. The minimum atomic E-state index is -5.36. The first kappa shape index (κ1) is 21.7. The maximum absolute atomic E-state index is 13.8. The quantitative estimate of drug-likeness (QED) is 0.570. The molecule has 3 rings (SSSR count). The Kier molecular flexibility index (Phi) is 5.75. The lowest BCUT2D eigenvalue weighted by Crippen LogP contribution is -2.72. The molecule has 0 unspecified atom stereocenters. The van der Waals surface area contributed by atoms with Gasteiger partial charge in [-0.2, -0.15) is 13.2 Å². The molecule has 11 heteroatoms. The van der Waals surface area contributed by atoms with E-state index >= 15 is 0 Å². The first-order valence-corrected chi connectivity index (χ1v) is 9.20. The van der Waals surface area contributed by atoms with E-state index in [4.69, 9.17) is 34.8 Å². The fourth-order valence-corrected chi connectivity index (χ4v) is 3.55. The molecule has 1 aliphatic rings. The highest BCUT2D eigenvalue weighted by molar-refractivity contribution is 6.42. The number of amides is 2. The highest BCUT2D eigenvalue weighted by Gasteiger charge is 2.66. The molecule has 0 bridgehead atoms. The zero-order chi connectivity index (χ0) is 21.6. The van der Waals surface area contributed by atoms with Crippen LogP contribution in [0, 0.1) is 5.92 Å². The van der Waals surface area contributed by atoms with Crippen molar-refractivity contribution in [3.63, 3.8) is 0 Å². The minimum Gasteiger partial charge on any atom is -0.363 e. The Hall–Kier alpha value is -2.00. The molecule has 2 aromatic rings. The lowest BCUT2D eigenvalue weighted by atomic mass is 9.77. The van der Waals surface area contributed by atoms with E-state index in [1.165, 1.54) is 47.8 Å². The van der Waals surface area contributed by atoms with Crippen LogP contribution in [0.5, 0.6) is 0 Å². The number of carbonyl (C=O) groups excluding carboxylic acids is 2. The molecule has 2 aromatic carbocycles. The Bertz CT molecular complexity index is 969. The van der Waals surface area contributed by atoms with Crippen LogP contribution in [0.25, 0.3) is 0 Å². The summed E-state index contributed by atoms with van der Waals surface area (Å²) in [7, 11) is 0. The van der Waals surface area contributed by atoms with Gasteiger partial charge in [0.1, 0.15) is 5.92 Å². The second-order valence-corrected chi connectivity index (χ2v) is 7.61. The van der Waals surface area contributed by atoms with Crippen LogP contribution in [-0.2, 0) is 0 Å². The SMILES string of the molecule is O=C1N[C@@H](c2ccc(Cl)c(Cl)c2)[C@@H](C(=O)c2ccc(Cl)cc2)[C@@](O)(C(F)(F)F)N1. The Morgan fingerprint density at radius 3 is 2.21 bits per heavy atom. The van der Waals surface area contributed by atoms with Crippen LogP contribution in [-0.4, -0.2) is 28.8 Å². The van der Waals surface area contributed by atoms with Gasteiger partial charge in [0.2, 0.25) is 5.72 Å². The van der Waals surface area contributed by atoms with Crippen LogP contribution in [0.3, 0.4) is 0 Å². The van der Waals surface area contributed by atoms with E-state index in [-0.39, 0.29) is 26.2 Å². The van der Waals surface area contributed by atoms with Crippen LogP contribution in [0.15, 0.2) is 42.5 Å². The molecule has 1 fully saturated rings. The number of Topliss-reactive ketones (excluding diaryl/α,β-unsaturated/α-hetero) is 1. The summed E-state index contributed by atoms with van der Waals surface area (Å²) in [6.45, 7) is 0. The molecule has 0 spiro atoms. The molecule has 1 heterocycles. The first-order chi connectivity index (χ1) is 13.4. The molecule has 5 nitrogen and oxygen atoms in total. The van der Waals surface area contributed by atoms with Gasteiger partial charge in [-0.1, -0.05) is 40.9 Å². The summed E-state index contributed by atoms with van der Waals surface area (Å²) in [5, 5.41) is 14.6. The van der Waals surface area contributed by atoms with Gasteiger partial charge < -0.3 is 15.7 Å². The standard InChI is InChI=1S/C18H12Cl3F3N2O3/c19-10-4-1-8(2-5-10)15(27)13-14(9-3-6-11(20)12(21)7-9)25-16(28)26-17(13,29)18(22,23)24/h1-7,13-14,29H,(H2,25,26,28)/t13-,14-,17+/m0/s1. The summed E-state index contributed by atoms with van der Waals surface area (Å²) in [6, 6.07) is 6.09. The van der Waals surface area contributed by atoms with Crippen LogP contribution in [0.2, 0.25) is 15.1 Å². The average molecular weight is 468 g/mol. The molecule has 0 aliphatic carbocycles. The normalized spacial score (nSPS) is 24.6. The predicted molar refractivity (Wildman–Crippen MR) is 101 cm³/mol. The molecule has 2 amide bonds. The van der Waals surface area contributed by atoms with Crippen molar-refractivity contribution in [2.45, 2.75) is 17.9 Å². The van der Waals surface area contributed by atoms with Gasteiger partial charge in [-0.25, -0.2) is 4.79 Å². The second kappa shape index (κ2) is 7.68. The number of hydrogen-bond donors (Lipinski definition) is 3. The smallest absolute Gasteiger partial charge is 0.363 e. The molecular weight excluding hydrogens is 456 g/mol. The van der Waals surface area contributed by atoms with E-state index in [1.807, 2.05) is 0 Å². The Labute approximate surface area is 177 Å². The summed E-state index contributed by atoms with van der Waals surface area (Å²) in [6.07, 6.45) is -5.36. The summed E-state index contributed by atoms with van der Waals surface area (Å²) in [4.78, 5) is 25.0. The third-order valence-electron chi connectivity index (χ3n) is 4.52. The number of benzene rings is 2. The molecule has 0 aromatic heterocycles. The summed E-state index contributed by atoms with van der Waals surface area (Å²) < 4.78 is 41.4. The van der Waals surface area contributed by atoms with Gasteiger partial charge in [0.05, 0.1) is 16.1 Å². The maximum atomic E-state index is 13.8. The van der Waals surface area contributed by atoms with Gasteiger partial charge in [0.25, 0.3) is 0 Å². The van der Waals surface area contributed by atoms with Crippen LogP contribution in [0.1, 0.15) is 22.0 Å². The number of alkyl halides is 3. The lowest BCUT2D eigenvalue weighted by molar-refractivity contribution is -0.287. The molecule has 3 atom stereocenters. The van der Waals surface area contributed by atoms with Crippen molar-refractivity contribution in [2.75, 3.05) is 0 Å². The van der Waals surface area contributed by atoms with E-state index in [9.17, 15) is 27.9 Å². The number of carbonyl (C=O) groups is 2. The van der Waals surface area contributed by atoms with E-state index in [0.29, 0.717) is 0 Å². The highest BCUT2D eigenvalue weighted by Crippen LogP contribution is 2.44. The topological polar surface area (TPSA) is 78.4 Å². The fourth-order valence-electron chi connectivity index (χ4n) is 3.12. The Balaban J connectivity index is 2.17. The lowest BCUT2D eigenvalue weighted by Gasteiger charge is -2.45. The van der Waals surface area contributed by atoms with E-state index in [1.54, 1.807) is 0 Å². The Morgan fingerprint density at radius 2 is 1.66 bits per heavy atom. The van der Waals surface area contributed by atoms with E-state index < -0.39 is 35.7 Å². The molecular formula is C18H12Cl3F3N2O3. The zero-order valence-electron chi connectivity index (χ0n) is 14.2. The molecule has 154 valence electrons. The van der Waals surface area contributed by atoms with E-state index in [0.717, 1.165) is 0 Å². The fraction of sp³-hybridized carbons (Fsp3) is 0.222. The molecule has 29 heavy (non-hydrogen) atoms. The van der Waals surface area contributed by atoms with Gasteiger partial charge in [-0.05, 0) is 42.0 Å². The van der Waals surface area contributed by atoms with Crippen LogP contribution >= 0.6 is 34.8 Å². The number of hydrogen-bond acceptors (Lipinski definition) is 3. The van der Waals surface area contributed by atoms with Crippen molar-refractivity contribution in [3.8, 4) is 0 Å². The first-order valence-electron chi connectivity index (χ1n) is 8.06. The number of aliphatic hydroxyl groups is 1. The predicted octanol–water partition coefficient (Wildman–Crippen LogP) is 4.75. The van der Waals surface area contributed by atoms with Gasteiger partial charge in [-0.15, -0.1) is 0 Å². The van der Waals surface area contributed by atoms with Crippen molar-refractivity contribution in [1.29, 1.82) is 0 Å². The van der Waals surface area contributed by atoms with Gasteiger partial charge in [0, 0.05) is 10.6 Å². The largest absolute Gasteiger partial charge is 0.437 e. The third-order valence-corrected chi connectivity index (χ3v) is 5.51. The molecule has 0 saturated carbocycles. The molecule has 3 N–H and O–H groups in total. The number of nitrogens with one attached hydrogen (secondary N) is 2. The number of rotatable bonds is 3. The number of halogens is 6. The summed E-state index contributed by atoms with van der Waals surface area (Å²) in [5.74, 6) is -3.23. The van der Waals surface area contributed by atoms with Crippen LogP contribution < -0.4 is 10.6 Å². The molecule has 0 radical (unpaired) electrons. The van der Waals surface area contributed by atoms with Crippen molar-refractivity contribution < 1.29 is 27.9 Å². The Morgan fingerprint density at radius 1 is 1.03 bits per heavy atom. The minimum absolute atomic E-state index is 0.00480. The van der Waals surface area contributed by atoms with Crippen molar-refractivity contribution in [3.05, 3.63) is 68.7 Å². The van der Waals surface area contributed by atoms with Crippen LogP contribution in [0.4, 0.5) is 18.0 Å². The molecule has 1 aliphatic heterocycles. The highest BCUT2D eigenvalue weighted by atomic mass is 35.5. The summed E-state index contributed by atoms with van der Waals surface area (Å²) >= 11 is 17.6. The number of ketones is 1. The maximum Gasteiger partial charge on any atom is 0.437 e. The monoisotopic (exact) mass is 466 g/mol. The van der Waals surface area contributed by atoms with Crippen molar-refractivity contribution >= 4 is 46.6 Å². The number of urea groups is 1. The average Bonchev–Trinajstić information content (AvgIpc) is 2.62. The zero-order valence-corrected chi connectivity index (χ0v) is 16.5. The summed E-state index contributed by atoms with van der Waals surface area (Å²) in [5.41, 5.74) is -3.91. The van der Waals surface area contributed by atoms with Crippen molar-refractivity contribution in [1.82, 2.24) is 10.6 Å². The second-order valence-electron chi connectivity index (χ2n) is 6.36. The van der Waals surface area contributed by atoms with Gasteiger partial charge in [-0.3, -0.25) is 4.79 Å². The van der Waals surface area contributed by atoms with Gasteiger partial charge in [0.15, 0.2) is 5.78 Å². The van der Waals surface area contributed by atoms with Gasteiger partial charge >= 0.3 is 12.2 Å². The van der Waals surface area contributed by atoms with E-state index in [2.05, 4.69) is 5.32 Å². The third kappa shape index (κ3) is 4.02.